The summed E-state index contributed by atoms with van der Waals surface area (Å²) in [4.78, 5) is 37.5. The lowest BCUT2D eigenvalue weighted by atomic mass is 10.0. The molecule has 2 N–H and O–H groups in total. The van der Waals surface area contributed by atoms with Gasteiger partial charge in [-0.2, -0.15) is 0 Å². The van der Waals surface area contributed by atoms with Gasteiger partial charge in [-0.25, -0.2) is 9.59 Å². The second kappa shape index (κ2) is 10.7. The van der Waals surface area contributed by atoms with Crippen LogP contribution in [-0.4, -0.2) is 43.8 Å². The van der Waals surface area contributed by atoms with E-state index in [-0.39, 0.29) is 22.9 Å². The summed E-state index contributed by atoms with van der Waals surface area (Å²) in [5.41, 5.74) is 0.136. The van der Waals surface area contributed by atoms with Crippen LogP contribution >= 0.6 is 0 Å². The molecule has 1 aromatic carbocycles. The molecule has 0 spiro atoms. The molecule has 1 aromatic rings. The van der Waals surface area contributed by atoms with Crippen molar-refractivity contribution in [1.29, 1.82) is 0 Å². The number of ether oxygens (including phenoxy) is 3. The molecule has 0 bridgehead atoms. The molecule has 0 saturated heterocycles. The van der Waals surface area contributed by atoms with Gasteiger partial charge in [-0.15, -0.1) is 0 Å². The zero-order valence-electron chi connectivity index (χ0n) is 18.8. The number of hydrogen-bond acceptors (Lipinski definition) is 6. The lowest BCUT2D eigenvalue weighted by Crippen LogP contribution is -2.46. The van der Waals surface area contributed by atoms with Crippen LogP contribution in [0, 0.1) is 5.92 Å². The van der Waals surface area contributed by atoms with Crippen LogP contribution in [0.5, 0.6) is 5.75 Å². The van der Waals surface area contributed by atoms with Crippen molar-refractivity contribution in [3.05, 3.63) is 29.8 Å². The number of carbonyl (C=O) groups excluding carboxylic acids is 3. The standard InChI is InChI=1S/C22H32N2O6/c1-9-14-10-11-15(17(18(14)28-7)20(26)29-8)23-19(25)16(12-13(2)3)24-21(27)30-22(4,5)6/h9-11,13,16H,1,12H2,2-8H3,(H,23,25)(H,24,27)/t16-/m1/s1. The molecule has 0 unspecified atom stereocenters. The number of hydrogen-bond donors (Lipinski definition) is 2. The highest BCUT2D eigenvalue weighted by Crippen LogP contribution is 2.32. The average Bonchev–Trinajstić information content (AvgIpc) is 2.64. The second-order valence-corrected chi connectivity index (χ2v) is 8.12. The Bertz CT molecular complexity index is 796. The maximum atomic E-state index is 13.0. The predicted octanol–water partition coefficient (Wildman–Crippen LogP) is 4.00. The van der Waals surface area contributed by atoms with E-state index in [1.807, 2.05) is 13.8 Å². The van der Waals surface area contributed by atoms with Crippen molar-refractivity contribution in [2.45, 2.75) is 52.7 Å². The van der Waals surface area contributed by atoms with E-state index in [0.717, 1.165) is 0 Å². The summed E-state index contributed by atoms with van der Waals surface area (Å²) in [6.45, 7) is 12.8. The molecule has 0 saturated carbocycles. The van der Waals surface area contributed by atoms with Gasteiger partial charge in [0.05, 0.1) is 19.9 Å². The van der Waals surface area contributed by atoms with E-state index in [0.29, 0.717) is 12.0 Å². The Morgan fingerprint density at radius 3 is 2.27 bits per heavy atom. The fraction of sp³-hybridized carbons (Fsp3) is 0.500. The average molecular weight is 421 g/mol. The number of nitrogens with one attached hydrogen (secondary N) is 2. The second-order valence-electron chi connectivity index (χ2n) is 8.12. The van der Waals surface area contributed by atoms with Crippen molar-refractivity contribution < 1.29 is 28.6 Å². The van der Waals surface area contributed by atoms with Crippen molar-refractivity contribution >= 4 is 29.7 Å². The van der Waals surface area contributed by atoms with E-state index in [4.69, 9.17) is 14.2 Å². The molecule has 2 amide bonds. The largest absolute Gasteiger partial charge is 0.495 e. The van der Waals surface area contributed by atoms with Crippen molar-refractivity contribution in [1.82, 2.24) is 5.32 Å². The zero-order chi connectivity index (χ0) is 23.1. The SMILES string of the molecule is C=Cc1ccc(NC(=O)[C@@H](CC(C)C)NC(=O)OC(C)(C)C)c(C(=O)OC)c1OC. The zero-order valence-corrected chi connectivity index (χ0v) is 18.8. The van der Waals surface area contributed by atoms with Gasteiger partial charge < -0.3 is 24.8 Å². The van der Waals surface area contributed by atoms with Gasteiger partial charge in [-0.3, -0.25) is 4.79 Å². The van der Waals surface area contributed by atoms with Crippen molar-refractivity contribution in [2.75, 3.05) is 19.5 Å². The molecular weight excluding hydrogens is 388 g/mol. The summed E-state index contributed by atoms with van der Waals surface area (Å²) in [5, 5.41) is 5.30. The van der Waals surface area contributed by atoms with Crippen LogP contribution in [0.2, 0.25) is 0 Å². The van der Waals surface area contributed by atoms with Gasteiger partial charge in [0.15, 0.2) is 0 Å². The van der Waals surface area contributed by atoms with Crippen LogP contribution < -0.4 is 15.4 Å². The van der Waals surface area contributed by atoms with Gasteiger partial charge in [-0.1, -0.05) is 26.5 Å². The fourth-order valence-corrected chi connectivity index (χ4v) is 2.76. The van der Waals surface area contributed by atoms with Crippen LogP contribution in [0.4, 0.5) is 10.5 Å². The minimum absolute atomic E-state index is 0.0614. The number of benzene rings is 1. The quantitative estimate of drug-likeness (QED) is 0.616. The molecule has 0 aromatic heterocycles. The molecule has 166 valence electrons. The first kappa shape index (κ1) is 25.0. The third-order valence-electron chi connectivity index (χ3n) is 3.97. The number of carbonyl (C=O) groups is 3. The van der Waals surface area contributed by atoms with Gasteiger partial charge in [0.2, 0.25) is 5.91 Å². The molecule has 8 nitrogen and oxygen atoms in total. The lowest BCUT2D eigenvalue weighted by molar-refractivity contribution is -0.118. The minimum atomic E-state index is -0.865. The van der Waals surface area contributed by atoms with Gasteiger partial charge in [0, 0.05) is 5.56 Å². The van der Waals surface area contributed by atoms with Gasteiger partial charge in [0.1, 0.15) is 23.0 Å². The van der Waals surface area contributed by atoms with E-state index in [9.17, 15) is 14.4 Å². The van der Waals surface area contributed by atoms with Gasteiger partial charge >= 0.3 is 12.1 Å². The summed E-state index contributed by atoms with van der Waals surface area (Å²) >= 11 is 0. The fourth-order valence-electron chi connectivity index (χ4n) is 2.76. The first-order valence-corrected chi connectivity index (χ1v) is 9.65. The third-order valence-corrected chi connectivity index (χ3v) is 3.97. The van der Waals surface area contributed by atoms with Crippen LogP contribution in [-0.2, 0) is 14.3 Å². The first-order valence-electron chi connectivity index (χ1n) is 9.65. The van der Waals surface area contributed by atoms with E-state index >= 15 is 0 Å². The summed E-state index contributed by atoms with van der Waals surface area (Å²) in [6.07, 6.45) is 1.21. The van der Waals surface area contributed by atoms with Crippen molar-refractivity contribution in [3.63, 3.8) is 0 Å². The molecule has 0 aliphatic rings. The van der Waals surface area contributed by atoms with Crippen LogP contribution in [0.3, 0.4) is 0 Å². The molecular formula is C22H32N2O6. The van der Waals surface area contributed by atoms with Gasteiger partial charge in [-0.05, 0) is 45.2 Å². The highest BCUT2D eigenvalue weighted by Gasteiger charge is 2.28. The Balaban J connectivity index is 3.23. The number of alkyl carbamates (subject to hydrolysis) is 1. The Labute approximate surface area is 178 Å². The Morgan fingerprint density at radius 2 is 1.80 bits per heavy atom. The van der Waals surface area contributed by atoms with Crippen molar-refractivity contribution in [3.8, 4) is 5.75 Å². The van der Waals surface area contributed by atoms with Gasteiger partial charge in [0.25, 0.3) is 0 Å². The van der Waals surface area contributed by atoms with E-state index in [2.05, 4.69) is 17.2 Å². The predicted molar refractivity (Wildman–Crippen MR) is 116 cm³/mol. The summed E-state index contributed by atoms with van der Waals surface area (Å²) in [7, 11) is 2.64. The Hall–Kier alpha value is -3.03. The molecule has 0 aliphatic heterocycles. The van der Waals surface area contributed by atoms with Crippen LogP contribution in [0.25, 0.3) is 6.08 Å². The van der Waals surface area contributed by atoms with Crippen LogP contribution in [0.15, 0.2) is 18.7 Å². The first-order chi connectivity index (χ1) is 13.9. The number of esters is 1. The number of methoxy groups -OCH3 is 2. The van der Waals surface area contributed by atoms with E-state index in [1.165, 1.54) is 20.3 Å². The third kappa shape index (κ3) is 7.09. The molecule has 1 rings (SSSR count). The summed E-state index contributed by atoms with van der Waals surface area (Å²) in [6, 6.07) is 2.35. The summed E-state index contributed by atoms with van der Waals surface area (Å²) < 4.78 is 15.5. The Kier molecular flexibility index (Phi) is 8.89. The smallest absolute Gasteiger partial charge is 0.408 e. The Morgan fingerprint density at radius 1 is 1.17 bits per heavy atom. The molecule has 0 radical (unpaired) electrons. The topological polar surface area (TPSA) is 103 Å². The van der Waals surface area contributed by atoms with E-state index < -0.39 is 29.6 Å². The maximum absolute atomic E-state index is 13.0. The normalized spacial score (nSPS) is 12.0. The summed E-state index contributed by atoms with van der Waals surface area (Å²) in [5.74, 6) is -0.817. The number of rotatable bonds is 8. The van der Waals surface area contributed by atoms with Crippen molar-refractivity contribution in [2.24, 2.45) is 5.92 Å². The van der Waals surface area contributed by atoms with Crippen LogP contribution in [0.1, 0.15) is 57.0 Å². The molecule has 30 heavy (non-hydrogen) atoms. The minimum Gasteiger partial charge on any atom is -0.495 e. The lowest BCUT2D eigenvalue weighted by Gasteiger charge is -2.24. The number of anilines is 1. The monoisotopic (exact) mass is 420 g/mol. The maximum Gasteiger partial charge on any atom is 0.408 e. The number of amides is 2. The highest BCUT2D eigenvalue weighted by molar-refractivity contribution is 6.05. The molecule has 0 heterocycles. The van der Waals surface area contributed by atoms with E-state index in [1.54, 1.807) is 32.9 Å². The molecule has 0 aliphatic carbocycles. The highest BCUT2D eigenvalue weighted by atomic mass is 16.6. The molecule has 0 fully saturated rings. The molecule has 8 heteroatoms. The molecule has 1 atom stereocenters.